The Morgan fingerprint density at radius 3 is 2.94 bits per heavy atom. The minimum absolute atomic E-state index is 0.217. The fourth-order valence-electron chi connectivity index (χ4n) is 1.75. The lowest BCUT2D eigenvalue weighted by molar-refractivity contribution is -0.143. The van der Waals surface area contributed by atoms with Gasteiger partial charge < -0.3 is 9.30 Å². The number of nitrogens with one attached hydrogen (secondary N) is 1. The van der Waals surface area contributed by atoms with Crippen LogP contribution in [0.25, 0.3) is 0 Å². The van der Waals surface area contributed by atoms with E-state index < -0.39 is 0 Å². The molecule has 102 valence electrons. The lowest BCUT2D eigenvalue weighted by Crippen LogP contribution is -2.37. The molecule has 0 amide bonds. The number of hydrogen-bond acceptors (Lipinski definition) is 5. The van der Waals surface area contributed by atoms with Gasteiger partial charge in [-0.15, -0.1) is 10.2 Å². The summed E-state index contributed by atoms with van der Waals surface area (Å²) in [6, 6.07) is -0.267. The molecule has 1 N–H and O–H groups in total. The van der Waals surface area contributed by atoms with E-state index >= 15 is 0 Å². The summed E-state index contributed by atoms with van der Waals surface area (Å²) >= 11 is 0. The first-order chi connectivity index (χ1) is 8.72. The Labute approximate surface area is 108 Å². The molecule has 1 heterocycles. The topological polar surface area (TPSA) is 69.0 Å². The zero-order chi connectivity index (χ0) is 13.4. The smallest absolute Gasteiger partial charge is 0.322 e. The monoisotopic (exact) mass is 254 g/mol. The van der Waals surface area contributed by atoms with Crippen LogP contribution in [-0.4, -0.2) is 33.9 Å². The van der Waals surface area contributed by atoms with Crippen LogP contribution in [0, 0.1) is 0 Å². The van der Waals surface area contributed by atoms with Gasteiger partial charge in [0.2, 0.25) is 0 Å². The van der Waals surface area contributed by atoms with E-state index in [0.717, 1.165) is 31.6 Å². The molecule has 0 bridgehead atoms. The Balaban J connectivity index is 2.53. The standard InChI is InChI=1S/C12H22N4O2/c1-4-6-7-10(12(17)18-3)13-8-11-15-14-9-16(11)5-2/h9-10,13H,4-8H2,1-3H3. The largest absolute Gasteiger partial charge is 0.468 e. The number of aryl methyl sites for hydroxylation is 1. The molecule has 18 heavy (non-hydrogen) atoms. The number of rotatable bonds is 8. The van der Waals surface area contributed by atoms with E-state index in [1.165, 1.54) is 7.11 Å². The van der Waals surface area contributed by atoms with E-state index in [9.17, 15) is 4.79 Å². The Morgan fingerprint density at radius 2 is 2.33 bits per heavy atom. The molecule has 0 aliphatic rings. The van der Waals surface area contributed by atoms with Crippen molar-refractivity contribution in [2.75, 3.05) is 7.11 Å². The van der Waals surface area contributed by atoms with E-state index in [4.69, 9.17) is 4.74 Å². The third-order valence-corrected chi connectivity index (χ3v) is 2.88. The van der Waals surface area contributed by atoms with Crippen molar-refractivity contribution in [3.8, 4) is 0 Å². The summed E-state index contributed by atoms with van der Waals surface area (Å²) in [5, 5.41) is 11.1. The molecular weight excluding hydrogens is 232 g/mol. The molecule has 1 rings (SSSR count). The Morgan fingerprint density at radius 1 is 1.56 bits per heavy atom. The van der Waals surface area contributed by atoms with Crippen molar-refractivity contribution in [3.63, 3.8) is 0 Å². The fraction of sp³-hybridized carbons (Fsp3) is 0.750. The van der Waals surface area contributed by atoms with Crippen molar-refractivity contribution in [1.82, 2.24) is 20.1 Å². The van der Waals surface area contributed by atoms with Gasteiger partial charge in [0.25, 0.3) is 0 Å². The van der Waals surface area contributed by atoms with Crippen molar-refractivity contribution in [2.45, 2.75) is 52.2 Å². The van der Waals surface area contributed by atoms with Gasteiger partial charge in [0.15, 0.2) is 0 Å². The summed E-state index contributed by atoms with van der Waals surface area (Å²) in [6.45, 7) is 5.48. The number of esters is 1. The highest BCUT2D eigenvalue weighted by Gasteiger charge is 2.18. The van der Waals surface area contributed by atoms with E-state index in [-0.39, 0.29) is 12.0 Å². The summed E-state index contributed by atoms with van der Waals surface area (Å²) in [6.07, 6.45) is 4.52. The summed E-state index contributed by atoms with van der Waals surface area (Å²) in [4.78, 5) is 11.6. The van der Waals surface area contributed by atoms with Crippen molar-refractivity contribution < 1.29 is 9.53 Å². The van der Waals surface area contributed by atoms with Crippen molar-refractivity contribution in [1.29, 1.82) is 0 Å². The molecule has 1 atom stereocenters. The number of carbonyl (C=O) groups excluding carboxylic acids is 1. The average molecular weight is 254 g/mol. The van der Waals surface area contributed by atoms with E-state index in [0.29, 0.717) is 6.54 Å². The number of hydrogen-bond donors (Lipinski definition) is 1. The number of unbranched alkanes of at least 4 members (excludes halogenated alkanes) is 1. The first-order valence-electron chi connectivity index (χ1n) is 6.40. The highest BCUT2D eigenvalue weighted by atomic mass is 16.5. The van der Waals surface area contributed by atoms with Crippen LogP contribution in [0.3, 0.4) is 0 Å². The Bertz CT molecular complexity index is 365. The van der Waals surface area contributed by atoms with Crippen LogP contribution in [0.4, 0.5) is 0 Å². The number of methoxy groups -OCH3 is 1. The predicted molar refractivity (Wildman–Crippen MR) is 67.9 cm³/mol. The van der Waals surface area contributed by atoms with Gasteiger partial charge in [-0.05, 0) is 13.3 Å². The molecule has 6 nitrogen and oxygen atoms in total. The van der Waals surface area contributed by atoms with Gasteiger partial charge in [-0.3, -0.25) is 10.1 Å². The van der Waals surface area contributed by atoms with E-state index in [1.807, 2.05) is 11.5 Å². The third-order valence-electron chi connectivity index (χ3n) is 2.88. The summed E-state index contributed by atoms with van der Waals surface area (Å²) < 4.78 is 6.74. The van der Waals surface area contributed by atoms with Gasteiger partial charge in [-0.1, -0.05) is 19.8 Å². The number of carbonyl (C=O) groups is 1. The Kier molecular flexibility index (Phi) is 6.35. The van der Waals surface area contributed by atoms with Crippen molar-refractivity contribution in [3.05, 3.63) is 12.2 Å². The van der Waals surface area contributed by atoms with Gasteiger partial charge >= 0.3 is 5.97 Å². The molecular formula is C12H22N4O2. The second-order valence-corrected chi connectivity index (χ2v) is 4.13. The van der Waals surface area contributed by atoms with Gasteiger partial charge in [0, 0.05) is 6.54 Å². The van der Waals surface area contributed by atoms with Gasteiger partial charge in [-0.25, -0.2) is 0 Å². The zero-order valence-corrected chi connectivity index (χ0v) is 11.3. The van der Waals surface area contributed by atoms with E-state index in [1.54, 1.807) is 6.33 Å². The molecule has 0 aliphatic heterocycles. The van der Waals surface area contributed by atoms with Crippen LogP contribution < -0.4 is 5.32 Å². The molecule has 1 aromatic heterocycles. The molecule has 0 fully saturated rings. The molecule has 0 saturated carbocycles. The average Bonchev–Trinajstić information content (AvgIpc) is 2.85. The third kappa shape index (κ3) is 4.10. The second-order valence-electron chi connectivity index (χ2n) is 4.13. The lowest BCUT2D eigenvalue weighted by Gasteiger charge is -2.15. The van der Waals surface area contributed by atoms with Gasteiger partial charge in [-0.2, -0.15) is 0 Å². The SMILES string of the molecule is CCCCC(NCc1nncn1CC)C(=O)OC. The van der Waals surface area contributed by atoms with Crippen LogP contribution in [0.2, 0.25) is 0 Å². The van der Waals surface area contributed by atoms with Crippen LogP contribution in [0.1, 0.15) is 38.9 Å². The molecule has 0 spiro atoms. The maximum Gasteiger partial charge on any atom is 0.322 e. The summed E-state index contributed by atoms with van der Waals surface area (Å²) in [7, 11) is 1.41. The lowest BCUT2D eigenvalue weighted by atomic mass is 10.1. The van der Waals surface area contributed by atoms with Crippen molar-refractivity contribution in [2.24, 2.45) is 0 Å². The molecule has 0 aromatic carbocycles. The minimum atomic E-state index is -0.267. The van der Waals surface area contributed by atoms with Gasteiger partial charge in [0.05, 0.1) is 13.7 Å². The summed E-state index contributed by atoms with van der Waals surface area (Å²) in [5.74, 6) is 0.619. The number of aromatic nitrogens is 3. The predicted octanol–water partition coefficient (Wildman–Crippen LogP) is 1.12. The number of ether oxygens (including phenoxy) is 1. The fourth-order valence-corrected chi connectivity index (χ4v) is 1.75. The van der Waals surface area contributed by atoms with E-state index in [2.05, 4.69) is 22.4 Å². The molecule has 6 heteroatoms. The van der Waals surface area contributed by atoms with Crippen molar-refractivity contribution >= 4 is 5.97 Å². The maximum absolute atomic E-state index is 11.6. The molecule has 1 unspecified atom stereocenters. The highest BCUT2D eigenvalue weighted by molar-refractivity contribution is 5.75. The Hall–Kier alpha value is -1.43. The zero-order valence-electron chi connectivity index (χ0n) is 11.3. The molecule has 0 radical (unpaired) electrons. The molecule has 1 aromatic rings. The number of nitrogens with zero attached hydrogens (tertiary/aromatic N) is 3. The second kappa shape index (κ2) is 7.81. The minimum Gasteiger partial charge on any atom is -0.468 e. The van der Waals surface area contributed by atoms with Gasteiger partial charge in [0.1, 0.15) is 18.2 Å². The molecule has 0 aliphatic carbocycles. The first-order valence-corrected chi connectivity index (χ1v) is 6.40. The normalized spacial score (nSPS) is 12.4. The first kappa shape index (κ1) is 14.6. The van der Waals surface area contributed by atoms with Crippen LogP contribution in [0.5, 0.6) is 0 Å². The highest BCUT2D eigenvalue weighted by Crippen LogP contribution is 2.04. The maximum atomic E-state index is 11.6. The van der Waals surface area contributed by atoms with Crippen LogP contribution >= 0.6 is 0 Å². The van der Waals surface area contributed by atoms with Crippen LogP contribution in [0.15, 0.2) is 6.33 Å². The molecule has 0 saturated heterocycles. The van der Waals surface area contributed by atoms with Crippen LogP contribution in [-0.2, 0) is 22.6 Å². The quantitative estimate of drug-likeness (QED) is 0.704. The summed E-state index contributed by atoms with van der Waals surface area (Å²) in [5.41, 5.74) is 0.